The van der Waals surface area contributed by atoms with E-state index in [9.17, 15) is 18.4 Å². The van der Waals surface area contributed by atoms with Crippen LogP contribution in [0.3, 0.4) is 0 Å². The van der Waals surface area contributed by atoms with Crippen LogP contribution in [0.2, 0.25) is 0 Å². The van der Waals surface area contributed by atoms with Gasteiger partial charge < -0.3 is 9.84 Å². The summed E-state index contributed by atoms with van der Waals surface area (Å²) in [5, 5.41) is 6.24. The third-order valence-corrected chi connectivity index (χ3v) is 4.36. The van der Waals surface area contributed by atoms with Crippen LogP contribution in [0.15, 0.2) is 58.1 Å². The topological polar surface area (TPSA) is 90.0 Å². The predicted molar refractivity (Wildman–Crippen MR) is 101 cm³/mol. The van der Waals surface area contributed by atoms with Crippen molar-refractivity contribution in [2.24, 2.45) is 0 Å². The maximum Gasteiger partial charge on any atom is 0.267 e. The number of aromatic nitrogens is 3. The van der Waals surface area contributed by atoms with Crippen LogP contribution >= 0.6 is 0 Å². The Bertz CT molecular complexity index is 1300. The Morgan fingerprint density at radius 1 is 1.17 bits per heavy atom. The molecule has 0 bridgehead atoms. The van der Waals surface area contributed by atoms with E-state index in [4.69, 9.17) is 4.52 Å². The van der Waals surface area contributed by atoms with Crippen LogP contribution in [0.25, 0.3) is 22.4 Å². The first-order chi connectivity index (χ1) is 13.9. The molecule has 2 heterocycles. The summed E-state index contributed by atoms with van der Waals surface area (Å²) in [7, 11) is 0. The summed E-state index contributed by atoms with van der Waals surface area (Å²) in [6, 6.07) is 10.1. The van der Waals surface area contributed by atoms with Crippen LogP contribution in [0.4, 0.5) is 14.5 Å². The van der Waals surface area contributed by atoms with Crippen molar-refractivity contribution in [2.45, 2.75) is 13.5 Å². The third kappa shape index (κ3) is 3.49. The van der Waals surface area contributed by atoms with Crippen molar-refractivity contribution in [2.75, 3.05) is 5.32 Å². The zero-order valence-electron chi connectivity index (χ0n) is 15.1. The number of aryl methyl sites for hydroxylation is 1. The van der Waals surface area contributed by atoms with Gasteiger partial charge in [-0.05, 0) is 36.8 Å². The van der Waals surface area contributed by atoms with Crippen molar-refractivity contribution in [3.63, 3.8) is 0 Å². The minimum absolute atomic E-state index is 0.00552. The van der Waals surface area contributed by atoms with Gasteiger partial charge in [-0.3, -0.25) is 14.2 Å². The van der Waals surface area contributed by atoms with E-state index >= 15 is 0 Å². The molecule has 4 rings (SSSR count). The number of anilines is 1. The van der Waals surface area contributed by atoms with Gasteiger partial charge in [0.05, 0.1) is 0 Å². The van der Waals surface area contributed by atoms with E-state index in [0.29, 0.717) is 5.56 Å². The van der Waals surface area contributed by atoms with Crippen LogP contribution < -0.4 is 10.9 Å². The van der Waals surface area contributed by atoms with Gasteiger partial charge in [-0.25, -0.2) is 13.8 Å². The molecule has 1 N–H and O–H groups in total. The fourth-order valence-corrected chi connectivity index (χ4v) is 2.86. The van der Waals surface area contributed by atoms with Gasteiger partial charge in [-0.1, -0.05) is 23.4 Å². The van der Waals surface area contributed by atoms with Crippen LogP contribution in [0.5, 0.6) is 0 Å². The van der Waals surface area contributed by atoms with Crippen LogP contribution in [0, 0.1) is 18.6 Å². The minimum Gasteiger partial charge on any atom is -0.335 e. The highest BCUT2D eigenvalue weighted by Crippen LogP contribution is 2.26. The van der Waals surface area contributed by atoms with Crippen molar-refractivity contribution in [3.05, 3.63) is 76.3 Å². The molecule has 0 aliphatic carbocycles. The second-order valence-electron chi connectivity index (χ2n) is 6.38. The molecule has 0 aliphatic rings. The quantitative estimate of drug-likeness (QED) is 0.572. The molecule has 0 saturated heterocycles. The number of amides is 1. The molecule has 2 aromatic heterocycles. The number of hydrogen-bond donors (Lipinski definition) is 1. The molecule has 1 amide bonds. The molecule has 29 heavy (non-hydrogen) atoms. The number of hydrogen-bond acceptors (Lipinski definition) is 5. The summed E-state index contributed by atoms with van der Waals surface area (Å²) in [5.41, 5.74) is 0.123. The van der Waals surface area contributed by atoms with Gasteiger partial charge in [-0.2, -0.15) is 0 Å². The molecule has 0 saturated carbocycles. The fraction of sp³-hybridized carbons (Fsp3) is 0.100. The number of rotatable bonds is 4. The SMILES string of the molecule is Cc1ccc(NC(=O)Cn2cnc3onc(-c4ccccc4F)c3c2=O)cc1F. The molecule has 0 aliphatic heterocycles. The van der Waals surface area contributed by atoms with E-state index < -0.39 is 23.1 Å². The lowest BCUT2D eigenvalue weighted by Gasteiger charge is -2.08. The number of nitrogens with zero attached hydrogens (tertiary/aromatic N) is 3. The molecular formula is C20H14F2N4O3. The maximum atomic E-state index is 14.1. The molecule has 0 radical (unpaired) electrons. The lowest BCUT2D eigenvalue weighted by molar-refractivity contribution is -0.116. The lowest BCUT2D eigenvalue weighted by Crippen LogP contribution is -2.28. The van der Waals surface area contributed by atoms with Crippen molar-refractivity contribution >= 4 is 22.7 Å². The zero-order chi connectivity index (χ0) is 20.5. The summed E-state index contributed by atoms with van der Waals surface area (Å²) in [6.45, 7) is 1.23. The van der Waals surface area contributed by atoms with Crippen molar-refractivity contribution in [1.82, 2.24) is 14.7 Å². The monoisotopic (exact) mass is 396 g/mol. The minimum atomic E-state index is -0.611. The summed E-state index contributed by atoms with van der Waals surface area (Å²) in [5.74, 6) is -1.58. The average molecular weight is 396 g/mol. The summed E-state index contributed by atoms with van der Waals surface area (Å²) in [4.78, 5) is 29.1. The first kappa shape index (κ1) is 18.5. The van der Waals surface area contributed by atoms with Gasteiger partial charge in [0.2, 0.25) is 5.91 Å². The number of carbonyl (C=O) groups is 1. The van der Waals surface area contributed by atoms with Gasteiger partial charge in [-0.15, -0.1) is 0 Å². The molecule has 4 aromatic rings. The molecule has 146 valence electrons. The Morgan fingerprint density at radius 2 is 1.97 bits per heavy atom. The molecule has 0 spiro atoms. The van der Waals surface area contributed by atoms with Crippen molar-refractivity contribution < 1.29 is 18.1 Å². The Morgan fingerprint density at radius 3 is 2.72 bits per heavy atom. The average Bonchev–Trinajstić information content (AvgIpc) is 3.12. The number of benzene rings is 2. The van der Waals surface area contributed by atoms with Gasteiger partial charge in [0.1, 0.15) is 35.6 Å². The van der Waals surface area contributed by atoms with Gasteiger partial charge in [0.25, 0.3) is 11.3 Å². The van der Waals surface area contributed by atoms with Gasteiger partial charge >= 0.3 is 0 Å². The molecule has 0 unspecified atom stereocenters. The third-order valence-electron chi connectivity index (χ3n) is 4.36. The van der Waals surface area contributed by atoms with Crippen LogP contribution in [-0.4, -0.2) is 20.6 Å². The van der Waals surface area contributed by atoms with E-state index in [1.54, 1.807) is 19.1 Å². The highest BCUT2D eigenvalue weighted by molar-refractivity contribution is 5.91. The Hall–Kier alpha value is -3.88. The Labute approximate surface area is 162 Å². The fourth-order valence-electron chi connectivity index (χ4n) is 2.86. The van der Waals surface area contributed by atoms with Crippen molar-refractivity contribution in [1.29, 1.82) is 0 Å². The van der Waals surface area contributed by atoms with Crippen LogP contribution in [0.1, 0.15) is 5.56 Å². The number of halogens is 2. The predicted octanol–water partition coefficient (Wildman–Crippen LogP) is 3.28. The second kappa shape index (κ2) is 7.27. The molecule has 0 atom stereocenters. The van der Waals surface area contributed by atoms with Gasteiger partial charge in [0, 0.05) is 11.3 Å². The van der Waals surface area contributed by atoms with E-state index in [-0.39, 0.29) is 34.6 Å². The van der Waals surface area contributed by atoms with Gasteiger partial charge in [0.15, 0.2) is 0 Å². The zero-order valence-corrected chi connectivity index (χ0v) is 15.1. The smallest absolute Gasteiger partial charge is 0.267 e. The largest absolute Gasteiger partial charge is 0.335 e. The second-order valence-corrected chi connectivity index (χ2v) is 6.38. The van der Waals surface area contributed by atoms with E-state index in [0.717, 1.165) is 10.9 Å². The standard InChI is InChI=1S/C20H14F2N4O3/c1-11-6-7-12(8-15(11)22)24-16(27)9-26-10-23-19-17(20(26)28)18(25-29-19)13-4-2-3-5-14(13)21/h2-8,10H,9H2,1H3,(H,24,27). The Kier molecular flexibility index (Phi) is 4.63. The maximum absolute atomic E-state index is 14.1. The molecular weight excluding hydrogens is 382 g/mol. The first-order valence-corrected chi connectivity index (χ1v) is 8.60. The number of carbonyl (C=O) groups excluding carboxylic acids is 1. The first-order valence-electron chi connectivity index (χ1n) is 8.60. The lowest BCUT2D eigenvalue weighted by atomic mass is 10.1. The van der Waals surface area contributed by atoms with E-state index in [1.165, 1.54) is 30.3 Å². The normalized spacial score (nSPS) is 11.0. The number of fused-ring (bicyclic) bond motifs is 1. The summed E-state index contributed by atoms with van der Waals surface area (Å²) >= 11 is 0. The highest BCUT2D eigenvalue weighted by Gasteiger charge is 2.20. The van der Waals surface area contributed by atoms with Crippen molar-refractivity contribution in [3.8, 4) is 11.3 Å². The van der Waals surface area contributed by atoms with E-state index in [1.807, 2.05) is 0 Å². The molecule has 2 aromatic carbocycles. The van der Waals surface area contributed by atoms with E-state index in [2.05, 4.69) is 15.5 Å². The molecule has 7 nitrogen and oxygen atoms in total. The van der Waals surface area contributed by atoms with Crippen LogP contribution in [-0.2, 0) is 11.3 Å². The Balaban J connectivity index is 1.66. The highest BCUT2D eigenvalue weighted by atomic mass is 19.1. The summed E-state index contributed by atoms with van der Waals surface area (Å²) < 4.78 is 33.8. The summed E-state index contributed by atoms with van der Waals surface area (Å²) in [6.07, 6.45) is 1.14. The molecule has 0 fully saturated rings. The number of nitrogens with one attached hydrogen (secondary N) is 1. The molecule has 9 heteroatoms.